The molecule has 72 heavy (non-hydrogen) atoms. The van der Waals surface area contributed by atoms with E-state index in [1.807, 2.05) is 0 Å². The van der Waals surface area contributed by atoms with Crippen LogP contribution in [-0.4, -0.2) is 65.3 Å². The number of carboxylic acids is 1. The molecule has 0 aliphatic heterocycles. The first-order valence-corrected chi connectivity index (χ1v) is 24.4. The Morgan fingerprint density at radius 1 is 0.458 bits per heavy atom. The Balaban J connectivity index is 1.14. The molecular formula is C45H32N10O14S3. The van der Waals surface area contributed by atoms with Gasteiger partial charge in [-0.3, -0.25) is 13.7 Å². The molecule has 0 bridgehead atoms. The quantitative estimate of drug-likeness (QED) is 0.0294. The third-order valence-corrected chi connectivity index (χ3v) is 13.0. The lowest BCUT2D eigenvalue weighted by Gasteiger charge is -2.12. The number of phenols is 3. The molecule has 0 saturated carbocycles. The Bertz CT molecular complexity index is 4040. The van der Waals surface area contributed by atoms with Crippen LogP contribution < -0.4 is 11.5 Å². The smallest absolute Gasteiger partial charge is 0.339 e. The SMILES string of the molecule is Nc1ccc(N=Nc2ccc3c(O)c(N=Nc4cc(S(=O)(=O)O)cc5cc(S(=O)(=O)O)c(N=Nc6ccc(-c7ccc(N=Nc8ccc(O)c(C(=O)O)c8)cc7)cc6)c(O)c45)c(S(=O)(=O)O)cc3c2)c(N)c1. The van der Waals surface area contributed by atoms with Crippen molar-refractivity contribution in [2.45, 2.75) is 14.7 Å². The van der Waals surface area contributed by atoms with Gasteiger partial charge in [-0.2, -0.15) is 45.7 Å². The maximum Gasteiger partial charge on any atom is 0.339 e. The van der Waals surface area contributed by atoms with E-state index in [-0.39, 0.29) is 44.8 Å². The summed E-state index contributed by atoms with van der Waals surface area (Å²) in [5, 5.41) is 72.7. The summed E-state index contributed by atoms with van der Waals surface area (Å²) < 4.78 is 106. The van der Waals surface area contributed by atoms with Gasteiger partial charge in [-0.25, -0.2) is 4.79 Å². The number of aromatic hydroxyl groups is 3. The van der Waals surface area contributed by atoms with Crippen LogP contribution in [0.15, 0.2) is 183 Å². The zero-order valence-electron chi connectivity index (χ0n) is 36.1. The summed E-state index contributed by atoms with van der Waals surface area (Å²) in [5.74, 6) is -3.71. The number of fused-ring (bicyclic) bond motifs is 2. The Hall–Kier alpha value is -9.12. The van der Waals surface area contributed by atoms with Crippen molar-refractivity contribution in [1.82, 2.24) is 0 Å². The van der Waals surface area contributed by atoms with E-state index >= 15 is 0 Å². The predicted molar refractivity (Wildman–Crippen MR) is 260 cm³/mol. The molecule has 0 heterocycles. The van der Waals surface area contributed by atoms with Crippen molar-refractivity contribution in [2.24, 2.45) is 40.9 Å². The highest BCUT2D eigenvalue weighted by atomic mass is 32.2. The van der Waals surface area contributed by atoms with Crippen molar-refractivity contribution in [1.29, 1.82) is 0 Å². The Labute approximate surface area is 405 Å². The first-order chi connectivity index (χ1) is 33.9. The number of anilines is 2. The molecule has 11 N–H and O–H groups in total. The number of aromatic carboxylic acids is 1. The molecule has 0 saturated heterocycles. The van der Waals surface area contributed by atoms with Gasteiger partial charge in [0.25, 0.3) is 30.4 Å². The van der Waals surface area contributed by atoms with Crippen molar-refractivity contribution >= 4 is 115 Å². The van der Waals surface area contributed by atoms with Crippen LogP contribution in [0.5, 0.6) is 17.2 Å². The number of nitrogen functional groups attached to an aromatic ring is 2. The molecule has 8 rings (SSSR count). The van der Waals surface area contributed by atoms with Crippen LogP contribution in [0.1, 0.15) is 10.4 Å². The van der Waals surface area contributed by atoms with E-state index in [0.29, 0.717) is 40.7 Å². The van der Waals surface area contributed by atoms with Crippen LogP contribution in [-0.2, 0) is 30.4 Å². The van der Waals surface area contributed by atoms with Gasteiger partial charge in [0.05, 0.1) is 44.4 Å². The minimum atomic E-state index is -5.29. The second-order valence-electron chi connectivity index (χ2n) is 15.2. The Morgan fingerprint density at radius 2 is 0.958 bits per heavy atom. The lowest BCUT2D eigenvalue weighted by molar-refractivity contribution is 0.0693. The van der Waals surface area contributed by atoms with Crippen LogP contribution in [0.25, 0.3) is 32.7 Å². The molecule has 364 valence electrons. The highest BCUT2D eigenvalue weighted by Gasteiger charge is 2.27. The normalized spacial score (nSPS) is 12.6. The number of carboxylic acid groups (broad SMARTS) is 1. The molecule has 8 aromatic carbocycles. The van der Waals surface area contributed by atoms with Crippen LogP contribution in [0.3, 0.4) is 0 Å². The highest BCUT2D eigenvalue weighted by molar-refractivity contribution is 7.86. The average Bonchev–Trinajstić information content (AvgIpc) is 3.31. The molecule has 0 atom stereocenters. The molecule has 0 spiro atoms. The number of nitrogens with zero attached hydrogens (tertiary/aromatic N) is 8. The van der Waals surface area contributed by atoms with Crippen molar-refractivity contribution in [2.75, 3.05) is 11.5 Å². The molecule has 24 nitrogen and oxygen atoms in total. The number of phenolic OH excluding ortho intramolecular Hbond substituents is 2. The molecule has 8 aromatic rings. The van der Waals surface area contributed by atoms with Gasteiger partial charge < -0.3 is 31.9 Å². The molecule has 0 radical (unpaired) electrons. The molecular weight excluding hydrogens is 1000 g/mol. The van der Waals surface area contributed by atoms with Crippen LogP contribution in [0.4, 0.5) is 56.9 Å². The van der Waals surface area contributed by atoms with Gasteiger partial charge >= 0.3 is 5.97 Å². The van der Waals surface area contributed by atoms with E-state index in [1.165, 1.54) is 60.7 Å². The summed E-state index contributed by atoms with van der Waals surface area (Å²) in [7, 11) is -15.7. The van der Waals surface area contributed by atoms with Gasteiger partial charge in [0, 0.05) is 11.1 Å². The van der Waals surface area contributed by atoms with E-state index in [0.717, 1.165) is 12.1 Å². The average molecular weight is 1030 g/mol. The number of azo groups is 4. The van der Waals surface area contributed by atoms with Gasteiger partial charge in [-0.1, -0.05) is 24.3 Å². The minimum Gasteiger partial charge on any atom is -0.507 e. The van der Waals surface area contributed by atoms with Crippen molar-refractivity contribution < 1.29 is 64.1 Å². The number of hydrogen-bond donors (Lipinski definition) is 9. The fraction of sp³-hybridized carbons (Fsp3) is 0. The van der Waals surface area contributed by atoms with Crippen molar-refractivity contribution in [3.05, 3.63) is 133 Å². The predicted octanol–water partition coefficient (Wildman–Crippen LogP) is 11.0. The van der Waals surface area contributed by atoms with Gasteiger partial charge in [0.1, 0.15) is 38.2 Å². The van der Waals surface area contributed by atoms with Gasteiger partial charge in [-0.05, 0) is 125 Å². The van der Waals surface area contributed by atoms with E-state index < -0.39 is 96.1 Å². The summed E-state index contributed by atoms with van der Waals surface area (Å²) in [4.78, 5) is 8.29. The molecule has 0 aliphatic rings. The molecule has 0 aliphatic carbocycles. The number of benzene rings is 8. The lowest BCUT2D eigenvalue weighted by Crippen LogP contribution is -2.01. The van der Waals surface area contributed by atoms with Crippen LogP contribution >= 0.6 is 0 Å². The topological polar surface area (TPSA) is 412 Å². The first-order valence-electron chi connectivity index (χ1n) is 20.1. The summed E-state index contributed by atoms with van der Waals surface area (Å²) in [6, 6.07) is 28.0. The summed E-state index contributed by atoms with van der Waals surface area (Å²) >= 11 is 0. The fourth-order valence-corrected chi connectivity index (χ4v) is 8.81. The third-order valence-electron chi connectivity index (χ3n) is 10.4. The third kappa shape index (κ3) is 10.5. The number of nitrogens with two attached hydrogens (primary N) is 2. The second kappa shape index (κ2) is 19.0. The van der Waals surface area contributed by atoms with E-state index in [2.05, 4.69) is 40.9 Å². The van der Waals surface area contributed by atoms with E-state index in [4.69, 9.17) is 11.5 Å². The molecule has 0 unspecified atom stereocenters. The number of carbonyl (C=O) groups is 1. The summed E-state index contributed by atoms with van der Waals surface area (Å²) in [6.07, 6.45) is 0. The van der Waals surface area contributed by atoms with Gasteiger partial charge in [-0.15, -0.1) is 20.5 Å². The van der Waals surface area contributed by atoms with Crippen LogP contribution in [0.2, 0.25) is 0 Å². The molecule has 0 amide bonds. The summed E-state index contributed by atoms with van der Waals surface area (Å²) in [5.41, 5.74) is 11.9. The first kappa shape index (κ1) is 49.3. The van der Waals surface area contributed by atoms with E-state index in [9.17, 15) is 64.1 Å². The fourth-order valence-electron chi connectivity index (χ4n) is 6.96. The molecule has 27 heteroatoms. The maximum atomic E-state index is 12.7. The Morgan fingerprint density at radius 3 is 1.54 bits per heavy atom. The van der Waals surface area contributed by atoms with Gasteiger partial charge in [0.2, 0.25) is 0 Å². The number of hydrogen-bond acceptors (Lipinski definition) is 20. The maximum absolute atomic E-state index is 12.7. The Kier molecular flexibility index (Phi) is 13.0. The monoisotopic (exact) mass is 1030 g/mol. The number of rotatable bonds is 13. The second-order valence-corrected chi connectivity index (χ2v) is 19.4. The minimum absolute atomic E-state index is 0.00168. The highest BCUT2D eigenvalue weighted by Crippen LogP contribution is 2.48. The lowest BCUT2D eigenvalue weighted by atomic mass is 10.1. The molecule has 0 fully saturated rings. The van der Waals surface area contributed by atoms with Gasteiger partial charge in [0.15, 0.2) is 11.5 Å². The van der Waals surface area contributed by atoms with E-state index in [1.54, 1.807) is 36.4 Å². The zero-order chi connectivity index (χ0) is 51.9. The summed E-state index contributed by atoms with van der Waals surface area (Å²) in [6.45, 7) is 0. The molecule has 0 aromatic heterocycles. The van der Waals surface area contributed by atoms with Crippen LogP contribution in [0, 0.1) is 0 Å². The zero-order valence-corrected chi connectivity index (χ0v) is 38.5. The standard InChI is InChI=1S/C45H32N10O14S3/c46-26-5-13-35(34(47)19-26)52-51-29-10-12-32-24(15-29)17-38(71(64,65)66)41(43(32)57)55-53-36-21-31(70(61,62)63)16-25-18-39(72(67,68)69)42(44(58)40(25)36)54-49-28-8-3-23(4-9-28)22-1-6-27(7-2-22)48-50-30-11-14-37(56)33(20-30)45(59)60/h1-21,56-58H,46-47H2,(H,59,60)(H,61,62,63)(H,64,65,66)(H,67,68,69). The van der Waals surface area contributed by atoms with Crippen molar-refractivity contribution in [3.63, 3.8) is 0 Å². The van der Waals surface area contributed by atoms with Crippen molar-refractivity contribution in [3.8, 4) is 28.4 Å². The largest absolute Gasteiger partial charge is 0.507 e.